The van der Waals surface area contributed by atoms with Crippen LogP contribution in [0.1, 0.15) is 63.1 Å². The van der Waals surface area contributed by atoms with E-state index in [1.807, 2.05) is 9.80 Å². The van der Waals surface area contributed by atoms with Crippen LogP contribution >= 0.6 is 0 Å². The highest BCUT2D eigenvalue weighted by atomic mass is 19.4. The first-order chi connectivity index (χ1) is 13.3. The SMILES string of the molecule is O=C1N(C2CCC(O)CC2)CCCC12CCCN2Cc1nc(C(F)(F)F)no1. The van der Waals surface area contributed by atoms with Gasteiger partial charge >= 0.3 is 6.18 Å². The summed E-state index contributed by atoms with van der Waals surface area (Å²) in [5.41, 5.74) is -0.693. The Balaban J connectivity index is 1.50. The summed E-state index contributed by atoms with van der Waals surface area (Å²) in [5, 5.41) is 12.8. The second kappa shape index (κ2) is 7.29. The van der Waals surface area contributed by atoms with E-state index in [1.54, 1.807) is 0 Å². The van der Waals surface area contributed by atoms with Crippen molar-refractivity contribution < 1.29 is 27.6 Å². The third-order valence-electron chi connectivity index (χ3n) is 6.43. The minimum absolute atomic E-state index is 0.0477. The van der Waals surface area contributed by atoms with Crippen LogP contribution in [0.3, 0.4) is 0 Å². The Hall–Kier alpha value is -1.68. The second-order valence-electron chi connectivity index (χ2n) is 8.13. The van der Waals surface area contributed by atoms with Gasteiger partial charge in [0.15, 0.2) is 0 Å². The van der Waals surface area contributed by atoms with Crippen LogP contribution in [0.4, 0.5) is 13.2 Å². The molecular formula is C18H25F3N4O3. The van der Waals surface area contributed by atoms with E-state index in [0.29, 0.717) is 38.8 Å². The van der Waals surface area contributed by atoms with Crippen LogP contribution in [0.2, 0.25) is 0 Å². The van der Waals surface area contributed by atoms with Gasteiger partial charge in [-0.25, -0.2) is 0 Å². The normalized spacial score (nSPS) is 32.4. The minimum Gasteiger partial charge on any atom is -0.393 e. The maximum atomic E-state index is 13.5. The Morgan fingerprint density at radius 1 is 1.14 bits per heavy atom. The van der Waals surface area contributed by atoms with E-state index >= 15 is 0 Å². The second-order valence-corrected chi connectivity index (χ2v) is 8.13. The Morgan fingerprint density at radius 3 is 2.46 bits per heavy atom. The van der Waals surface area contributed by atoms with Gasteiger partial charge < -0.3 is 14.5 Å². The van der Waals surface area contributed by atoms with Crippen molar-refractivity contribution in [3.8, 4) is 0 Å². The number of aromatic nitrogens is 2. The van der Waals surface area contributed by atoms with Gasteiger partial charge in [0.05, 0.1) is 12.6 Å². The largest absolute Gasteiger partial charge is 0.455 e. The number of aliphatic hydroxyl groups is 1. The highest BCUT2D eigenvalue weighted by Gasteiger charge is 2.52. The predicted molar refractivity (Wildman–Crippen MR) is 90.9 cm³/mol. The molecule has 1 N–H and O–H groups in total. The lowest BCUT2D eigenvalue weighted by molar-refractivity contribution is -0.152. The van der Waals surface area contributed by atoms with Crippen LogP contribution < -0.4 is 0 Å². The molecule has 0 bridgehead atoms. The Kier molecular flexibility index (Phi) is 5.11. The molecule has 2 aliphatic heterocycles. The zero-order valence-corrected chi connectivity index (χ0v) is 15.6. The number of halogens is 3. The summed E-state index contributed by atoms with van der Waals surface area (Å²) in [4.78, 5) is 20.8. The van der Waals surface area contributed by atoms with Gasteiger partial charge in [-0.3, -0.25) is 9.69 Å². The monoisotopic (exact) mass is 402 g/mol. The number of nitrogens with zero attached hydrogens (tertiary/aromatic N) is 4. The van der Waals surface area contributed by atoms with Crippen molar-refractivity contribution in [1.29, 1.82) is 0 Å². The summed E-state index contributed by atoms with van der Waals surface area (Å²) in [5.74, 6) is -1.33. The van der Waals surface area contributed by atoms with E-state index in [0.717, 1.165) is 25.7 Å². The zero-order valence-electron chi connectivity index (χ0n) is 15.6. The zero-order chi connectivity index (χ0) is 19.9. The molecule has 0 aromatic carbocycles. The van der Waals surface area contributed by atoms with E-state index < -0.39 is 17.5 Å². The average molecular weight is 402 g/mol. The minimum atomic E-state index is -4.65. The van der Waals surface area contributed by atoms with Crippen molar-refractivity contribution in [2.24, 2.45) is 0 Å². The first-order valence-corrected chi connectivity index (χ1v) is 9.93. The van der Waals surface area contributed by atoms with Crippen LogP contribution in [-0.4, -0.2) is 61.7 Å². The molecule has 1 aliphatic carbocycles. The van der Waals surface area contributed by atoms with E-state index in [-0.39, 0.29) is 30.5 Å². The lowest BCUT2D eigenvalue weighted by Crippen LogP contribution is -2.62. The number of carbonyl (C=O) groups excluding carboxylic acids is 1. The fourth-order valence-electron chi connectivity index (χ4n) is 5.02. The van der Waals surface area contributed by atoms with Gasteiger partial charge in [-0.2, -0.15) is 18.2 Å². The number of rotatable bonds is 3. The molecule has 1 spiro atoms. The van der Waals surface area contributed by atoms with E-state index in [2.05, 4.69) is 10.1 Å². The number of hydrogen-bond donors (Lipinski definition) is 1. The van der Waals surface area contributed by atoms with Crippen LogP contribution in [0, 0.1) is 0 Å². The fraction of sp³-hybridized carbons (Fsp3) is 0.833. The molecule has 1 saturated carbocycles. The van der Waals surface area contributed by atoms with Crippen LogP contribution in [0.25, 0.3) is 0 Å². The fourth-order valence-corrected chi connectivity index (χ4v) is 5.02. The van der Waals surface area contributed by atoms with Crippen LogP contribution in [0.5, 0.6) is 0 Å². The van der Waals surface area contributed by atoms with Crippen molar-refractivity contribution in [3.63, 3.8) is 0 Å². The molecule has 28 heavy (non-hydrogen) atoms. The molecule has 1 aromatic heterocycles. The lowest BCUT2D eigenvalue weighted by Gasteiger charge is -2.48. The van der Waals surface area contributed by atoms with Gasteiger partial charge in [0.1, 0.15) is 5.54 Å². The molecule has 3 heterocycles. The van der Waals surface area contributed by atoms with E-state index in [4.69, 9.17) is 4.52 Å². The van der Waals surface area contributed by atoms with Crippen molar-refractivity contribution in [3.05, 3.63) is 11.7 Å². The van der Waals surface area contributed by atoms with Crippen molar-refractivity contribution in [2.75, 3.05) is 13.1 Å². The number of alkyl halides is 3. The van der Waals surface area contributed by atoms with E-state index in [1.165, 1.54) is 0 Å². The molecule has 7 nitrogen and oxygen atoms in total. The van der Waals surface area contributed by atoms with Crippen molar-refractivity contribution in [2.45, 2.75) is 81.8 Å². The van der Waals surface area contributed by atoms with Crippen LogP contribution in [0.15, 0.2) is 4.52 Å². The summed E-state index contributed by atoms with van der Waals surface area (Å²) in [6.45, 7) is 1.37. The van der Waals surface area contributed by atoms with Crippen molar-refractivity contribution in [1.82, 2.24) is 19.9 Å². The van der Waals surface area contributed by atoms with Crippen molar-refractivity contribution >= 4 is 5.91 Å². The highest BCUT2D eigenvalue weighted by Crippen LogP contribution is 2.41. The van der Waals surface area contributed by atoms with Gasteiger partial charge in [-0.05, 0) is 57.9 Å². The molecule has 156 valence electrons. The van der Waals surface area contributed by atoms with Crippen LogP contribution in [-0.2, 0) is 17.5 Å². The maximum absolute atomic E-state index is 13.5. The third-order valence-corrected chi connectivity index (χ3v) is 6.43. The molecule has 3 aliphatic rings. The molecule has 1 atom stereocenters. The average Bonchev–Trinajstić information content (AvgIpc) is 3.27. The summed E-state index contributed by atoms with van der Waals surface area (Å²) in [7, 11) is 0. The first kappa shape index (κ1) is 19.6. The molecule has 4 rings (SSSR count). The maximum Gasteiger partial charge on any atom is 0.455 e. The topological polar surface area (TPSA) is 82.7 Å². The summed E-state index contributed by atoms with van der Waals surface area (Å²) in [6.07, 6.45) is 1.11. The Labute approximate surface area is 160 Å². The first-order valence-electron chi connectivity index (χ1n) is 9.93. The number of carbonyl (C=O) groups is 1. The molecule has 10 heteroatoms. The van der Waals surface area contributed by atoms with Gasteiger partial charge in [0, 0.05) is 12.6 Å². The summed E-state index contributed by atoms with van der Waals surface area (Å²) >= 11 is 0. The summed E-state index contributed by atoms with van der Waals surface area (Å²) < 4.78 is 43.0. The van der Waals surface area contributed by atoms with Gasteiger partial charge in [-0.1, -0.05) is 5.16 Å². The van der Waals surface area contributed by atoms with Gasteiger partial charge in [-0.15, -0.1) is 0 Å². The molecule has 1 amide bonds. The number of aliphatic hydroxyl groups excluding tert-OH is 1. The quantitative estimate of drug-likeness (QED) is 0.836. The predicted octanol–water partition coefficient (Wildman–Crippen LogP) is 2.35. The highest BCUT2D eigenvalue weighted by molar-refractivity contribution is 5.87. The standard InChI is InChI=1S/C18H25F3N4O3/c19-18(20,21)15-22-14(28-23-15)11-24-9-1-7-17(24)8-2-10-25(16(17)27)12-3-5-13(26)6-4-12/h12-13,26H,1-11H2. The number of likely N-dealkylation sites (tertiary alicyclic amines) is 2. The number of hydrogen-bond acceptors (Lipinski definition) is 6. The molecule has 1 aromatic rings. The molecule has 1 unspecified atom stereocenters. The van der Waals surface area contributed by atoms with E-state index in [9.17, 15) is 23.1 Å². The number of amides is 1. The van der Waals surface area contributed by atoms with Gasteiger partial charge in [0.25, 0.3) is 5.82 Å². The molecule has 0 radical (unpaired) electrons. The third kappa shape index (κ3) is 3.52. The lowest BCUT2D eigenvalue weighted by atomic mass is 9.82. The Morgan fingerprint density at radius 2 is 1.82 bits per heavy atom. The van der Waals surface area contributed by atoms with Gasteiger partial charge in [0.2, 0.25) is 11.8 Å². The molecule has 2 saturated heterocycles. The number of piperidine rings is 1. The molecular weight excluding hydrogens is 377 g/mol. The molecule has 3 fully saturated rings. The Bertz CT molecular complexity index is 717. The summed E-state index contributed by atoms with van der Waals surface area (Å²) in [6, 6.07) is 0.135. The smallest absolute Gasteiger partial charge is 0.393 e.